The fourth-order valence-electron chi connectivity index (χ4n) is 3.58. The van der Waals surface area contributed by atoms with Crippen molar-refractivity contribution in [3.05, 3.63) is 45.8 Å². The number of aromatic nitrogens is 3. The van der Waals surface area contributed by atoms with Crippen LogP contribution >= 0.6 is 0 Å². The minimum absolute atomic E-state index is 0.0493. The largest absolute Gasteiger partial charge is 0.365 e. The zero-order valence-electron chi connectivity index (χ0n) is 12.9. The number of nitro groups is 1. The monoisotopic (exact) mass is 312 g/mol. The van der Waals surface area contributed by atoms with Crippen LogP contribution in [0.2, 0.25) is 0 Å². The van der Waals surface area contributed by atoms with Crippen LogP contribution < -0.4 is 0 Å². The van der Waals surface area contributed by atoms with Gasteiger partial charge in [-0.1, -0.05) is 0 Å². The van der Waals surface area contributed by atoms with Crippen molar-refractivity contribution >= 4 is 5.69 Å². The number of ether oxygens (including phenoxy) is 1. The third kappa shape index (κ3) is 2.11. The molecule has 118 valence electrons. The van der Waals surface area contributed by atoms with Gasteiger partial charge < -0.3 is 4.74 Å². The van der Waals surface area contributed by atoms with Gasteiger partial charge in [-0.2, -0.15) is 0 Å². The van der Waals surface area contributed by atoms with Gasteiger partial charge in [-0.15, -0.1) is 10.2 Å². The van der Waals surface area contributed by atoms with Crippen LogP contribution in [-0.2, 0) is 10.3 Å². The Kier molecular flexibility index (Phi) is 2.96. The Hall–Kier alpha value is -2.41. The number of non-ortho nitro benzene ring substituents is 1. The van der Waals surface area contributed by atoms with Crippen molar-refractivity contribution < 1.29 is 9.66 Å². The molecule has 2 aliphatic heterocycles. The van der Waals surface area contributed by atoms with Gasteiger partial charge in [0.05, 0.1) is 16.7 Å². The van der Waals surface area contributed by atoms with Crippen LogP contribution in [-0.4, -0.2) is 26.2 Å². The summed E-state index contributed by atoms with van der Waals surface area (Å²) >= 11 is 0. The van der Waals surface area contributed by atoms with Crippen molar-refractivity contribution in [2.45, 2.75) is 44.3 Å². The van der Waals surface area contributed by atoms with Crippen LogP contribution in [0.4, 0.5) is 5.69 Å². The quantitative estimate of drug-likeness (QED) is 0.625. The summed E-state index contributed by atoms with van der Waals surface area (Å²) in [4.78, 5) is 15.0. The molecule has 23 heavy (non-hydrogen) atoms. The number of benzene rings is 1. The van der Waals surface area contributed by atoms with Gasteiger partial charge in [0.2, 0.25) is 0 Å². The molecular formula is C16H16N4O3. The lowest BCUT2D eigenvalue weighted by atomic mass is 9.74. The van der Waals surface area contributed by atoms with E-state index in [2.05, 4.69) is 17.1 Å². The minimum Gasteiger partial charge on any atom is -0.365 e. The SMILES string of the molecule is CC1OC2(C)CCC1c1nc(-c3ccc([N+](=O)[O-])cc3)nnc12. The molecule has 3 aliphatic rings. The molecule has 0 spiro atoms. The van der Waals surface area contributed by atoms with Crippen molar-refractivity contribution in [1.29, 1.82) is 0 Å². The number of nitrogens with zero attached hydrogens (tertiary/aromatic N) is 4. The molecule has 1 aliphatic carbocycles. The number of hydrogen-bond donors (Lipinski definition) is 0. The average Bonchev–Trinajstić information content (AvgIpc) is 2.54. The highest BCUT2D eigenvalue weighted by Crippen LogP contribution is 2.50. The van der Waals surface area contributed by atoms with E-state index in [4.69, 9.17) is 9.72 Å². The fraction of sp³-hybridized carbons (Fsp3) is 0.438. The summed E-state index contributed by atoms with van der Waals surface area (Å²) in [5.41, 5.74) is 2.16. The predicted molar refractivity (Wildman–Crippen MR) is 81.8 cm³/mol. The van der Waals surface area contributed by atoms with E-state index in [1.807, 2.05) is 6.92 Å². The molecule has 2 bridgehead atoms. The Bertz CT molecular complexity index is 792. The van der Waals surface area contributed by atoms with E-state index in [-0.39, 0.29) is 17.7 Å². The smallest absolute Gasteiger partial charge is 0.269 e. The second-order valence-corrected chi connectivity index (χ2v) is 6.37. The molecule has 0 radical (unpaired) electrons. The first-order valence-electron chi connectivity index (χ1n) is 7.66. The molecule has 0 amide bonds. The highest BCUT2D eigenvalue weighted by atomic mass is 16.6. The third-order valence-corrected chi connectivity index (χ3v) is 4.85. The van der Waals surface area contributed by atoms with Gasteiger partial charge in [-0.3, -0.25) is 10.1 Å². The van der Waals surface area contributed by atoms with E-state index in [9.17, 15) is 10.1 Å². The topological polar surface area (TPSA) is 91.0 Å². The van der Waals surface area contributed by atoms with Crippen molar-refractivity contribution in [2.75, 3.05) is 0 Å². The zero-order chi connectivity index (χ0) is 16.2. The van der Waals surface area contributed by atoms with E-state index < -0.39 is 10.5 Å². The predicted octanol–water partition coefficient (Wildman–Crippen LogP) is 2.96. The summed E-state index contributed by atoms with van der Waals surface area (Å²) in [6.07, 6.45) is 2.08. The molecule has 1 aromatic heterocycles. The number of nitro benzene ring substituents is 1. The van der Waals surface area contributed by atoms with Crippen molar-refractivity contribution in [1.82, 2.24) is 15.2 Å². The summed E-state index contributed by atoms with van der Waals surface area (Å²) in [6, 6.07) is 6.23. The fourth-order valence-corrected chi connectivity index (χ4v) is 3.58. The van der Waals surface area contributed by atoms with Crippen molar-refractivity contribution in [3.63, 3.8) is 0 Å². The first-order valence-corrected chi connectivity index (χ1v) is 7.66. The second kappa shape index (κ2) is 4.79. The van der Waals surface area contributed by atoms with Crippen LogP contribution in [0.5, 0.6) is 0 Å². The molecule has 2 aromatic rings. The van der Waals surface area contributed by atoms with Gasteiger partial charge in [-0.05, 0) is 38.8 Å². The molecule has 1 fully saturated rings. The second-order valence-electron chi connectivity index (χ2n) is 6.37. The Morgan fingerprint density at radius 1 is 1.30 bits per heavy atom. The van der Waals surface area contributed by atoms with Gasteiger partial charge in [0.15, 0.2) is 5.82 Å². The van der Waals surface area contributed by atoms with Gasteiger partial charge >= 0.3 is 0 Å². The normalized spacial score (nSPS) is 28.4. The maximum absolute atomic E-state index is 10.7. The summed E-state index contributed by atoms with van der Waals surface area (Å²) < 4.78 is 6.07. The maximum Gasteiger partial charge on any atom is 0.269 e. The lowest BCUT2D eigenvalue weighted by Crippen LogP contribution is -2.46. The average molecular weight is 312 g/mol. The van der Waals surface area contributed by atoms with Gasteiger partial charge in [0, 0.05) is 23.6 Å². The summed E-state index contributed by atoms with van der Waals surface area (Å²) in [5, 5.41) is 19.3. The maximum atomic E-state index is 10.7. The Labute approximate surface area is 132 Å². The van der Waals surface area contributed by atoms with E-state index >= 15 is 0 Å². The van der Waals surface area contributed by atoms with Crippen LogP contribution in [0.3, 0.4) is 0 Å². The molecular weight excluding hydrogens is 296 g/mol. The summed E-state index contributed by atoms with van der Waals surface area (Å²) in [6.45, 7) is 4.11. The van der Waals surface area contributed by atoms with Gasteiger partial charge in [-0.25, -0.2) is 4.98 Å². The van der Waals surface area contributed by atoms with E-state index in [0.717, 1.165) is 29.8 Å². The van der Waals surface area contributed by atoms with Crippen LogP contribution in [0.15, 0.2) is 24.3 Å². The van der Waals surface area contributed by atoms with Crippen molar-refractivity contribution in [3.8, 4) is 11.4 Å². The number of fused-ring (bicyclic) bond motifs is 2. The van der Waals surface area contributed by atoms with E-state index in [0.29, 0.717) is 5.82 Å². The minimum atomic E-state index is -0.422. The first-order chi connectivity index (χ1) is 11.0. The molecule has 3 atom stereocenters. The molecule has 0 saturated carbocycles. The van der Waals surface area contributed by atoms with Gasteiger partial charge in [0.1, 0.15) is 11.3 Å². The standard InChI is InChI=1S/C16H16N4O3/c1-9-12-7-8-16(2,23-9)14-13(12)17-15(19-18-14)10-3-5-11(6-4-10)20(21)22/h3-6,9,12H,7-8H2,1-2H3. The Balaban J connectivity index is 1.77. The lowest BCUT2D eigenvalue weighted by Gasteiger charge is -2.47. The molecule has 5 rings (SSSR count). The number of rotatable bonds is 2. The highest BCUT2D eigenvalue weighted by Gasteiger charge is 2.49. The molecule has 1 aromatic carbocycles. The third-order valence-electron chi connectivity index (χ3n) is 4.85. The molecule has 3 unspecified atom stereocenters. The van der Waals surface area contributed by atoms with Crippen molar-refractivity contribution in [2.24, 2.45) is 0 Å². The summed E-state index contributed by atoms with van der Waals surface area (Å²) in [5.74, 6) is 0.737. The first kappa shape index (κ1) is 14.2. The van der Waals surface area contributed by atoms with Crippen LogP contribution in [0, 0.1) is 10.1 Å². The molecule has 1 saturated heterocycles. The number of hydrogen-bond acceptors (Lipinski definition) is 6. The summed E-state index contributed by atoms with van der Waals surface area (Å²) in [7, 11) is 0. The van der Waals surface area contributed by atoms with E-state index in [1.165, 1.54) is 12.1 Å². The molecule has 0 N–H and O–H groups in total. The van der Waals surface area contributed by atoms with Gasteiger partial charge in [0.25, 0.3) is 5.69 Å². The Morgan fingerprint density at radius 3 is 2.70 bits per heavy atom. The lowest BCUT2D eigenvalue weighted by molar-refractivity contribution is -0.384. The molecule has 7 heteroatoms. The molecule has 7 nitrogen and oxygen atoms in total. The Morgan fingerprint density at radius 2 is 2.04 bits per heavy atom. The van der Waals surface area contributed by atoms with E-state index in [1.54, 1.807) is 12.1 Å². The molecule has 3 heterocycles. The highest BCUT2D eigenvalue weighted by molar-refractivity contribution is 5.57. The zero-order valence-corrected chi connectivity index (χ0v) is 12.9. The van der Waals surface area contributed by atoms with Crippen LogP contribution in [0.1, 0.15) is 44.0 Å². The van der Waals surface area contributed by atoms with Crippen LogP contribution in [0.25, 0.3) is 11.4 Å².